The van der Waals surface area contributed by atoms with Crippen molar-refractivity contribution in [3.63, 3.8) is 0 Å². The molecule has 0 aromatic heterocycles. The molecule has 0 unspecified atom stereocenters. The van der Waals surface area contributed by atoms with Crippen LogP contribution >= 0.6 is 11.6 Å². The van der Waals surface area contributed by atoms with Gasteiger partial charge in [-0.2, -0.15) is 13.2 Å². The highest BCUT2D eigenvalue weighted by Gasteiger charge is 2.29. The molecular formula is C16H13ClF3NO2. The molecule has 23 heavy (non-hydrogen) atoms. The minimum absolute atomic E-state index is 0.114. The number of para-hydroxylation sites is 1. The van der Waals surface area contributed by atoms with Gasteiger partial charge in [0.25, 0.3) is 5.91 Å². The normalized spacial score (nSPS) is 11.1. The van der Waals surface area contributed by atoms with Crippen molar-refractivity contribution in [2.24, 2.45) is 0 Å². The topological polar surface area (TPSA) is 38.3 Å². The number of carbonyl (C=O) groups excluding carboxylic acids is 1. The third-order valence-electron chi connectivity index (χ3n) is 2.97. The third kappa shape index (κ3) is 5.17. The second-order valence-corrected chi connectivity index (χ2v) is 5.10. The van der Waals surface area contributed by atoms with Gasteiger partial charge in [0.2, 0.25) is 0 Å². The van der Waals surface area contributed by atoms with E-state index in [0.717, 1.165) is 12.1 Å². The second kappa shape index (κ2) is 7.37. The molecule has 0 aliphatic rings. The van der Waals surface area contributed by atoms with Crippen LogP contribution in [0.4, 0.5) is 13.2 Å². The van der Waals surface area contributed by atoms with Crippen LogP contribution in [0.2, 0.25) is 5.02 Å². The Morgan fingerprint density at radius 2 is 1.74 bits per heavy atom. The van der Waals surface area contributed by atoms with E-state index in [4.69, 9.17) is 16.3 Å². The largest absolute Gasteiger partial charge is 0.482 e. The zero-order valence-electron chi connectivity index (χ0n) is 11.9. The van der Waals surface area contributed by atoms with Crippen molar-refractivity contribution in [2.45, 2.75) is 12.7 Å². The summed E-state index contributed by atoms with van der Waals surface area (Å²) >= 11 is 5.88. The molecule has 2 aromatic rings. The minimum Gasteiger partial charge on any atom is -0.482 e. The molecule has 0 heterocycles. The lowest BCUT2D eigenvalue weighted by Gasteiger charge is -2.10. The number of hydrogen-bond acceptors (Lipinski definition) is 2. The molecule has 2 rings (SSSR count). The predicted octanol–water partition coefficient (Wildman–Crippen LogP) is 4.05. The maximum Gasteiger partial charge on any atom is 0.416 e. The fraction of sp³-hybridized carbons (Fsp3) is 0.188. The first kappa shape index (κ1) is 17.1. The van der Waals surface area contributed by atoms with Crippen LogP contribution in [0.15, 0.2) is 48.5 Å². The molecule has 7 heteroatoms. The molecule has 1 N–H and O–H groups in total. The number of carbonyl (C=O) groups is 1. The maximum absolute atomic E-state index is 12.4. The molecule has 3 nitrogen and oxygen atoms in total. The van der Waals surface area contributed by atoms with E-state index in [9.17, 15) is 18.0 Å². The highest BCUT2D eigenvalue weighted by molar-refractivity contribution is 6.32. The average molecular weight is 344 g/mol. The number of nitrogens with one attached hydrogen (secondary N) is 1. The number of amides is 1. The van der Waals surface area contributed by atoms with Crippen molar-refractivity contribution in [2.75, 3.05) is 6.61 Å². The van der Waals surface area contributed by atoms with Crippen LogP contribution in [0.5, 0.6) is 5.75 Å². The first-order valence-corrected chi connectivity index (χ1v) is 7.04. The zero-order valence-corrected chi connectivity index (χ0v) is 12.6. The van der Waals surface area contributed by atoms with E-state index in [1.807, 2.05) is 0 Å². The van der Waals surface area contributed by atoms with E-state index in [1.165, 1.54) is 12.1 Å². The van der Waals surface area contributed by atoms with Crippen molar-refractivity contribution < 1.29 is 22.7 Å². The molecule has 0 spiro atoms. The van der Waals surface area contributed by atoms with Gasteiger partial charge in [-0.15, -0.1) is 0 Å². The summed E-state index contributed by atoms with van der Waals surface area (Å²) in [7, 11) is 0. The summed E-state index contributed by atoms with van der Waals surface area (Å²) in [6, 6.07) is 11.3. The lowest BCUT2D eigenvalue weighted by Crippen LogP contribution is -2.28. The summed E-state index contributed by atoms with van der Waals surface area (Å²) in [6.45, 7) is -0.118. The summed E-state index contributed by atoms with van der Waals surface area (Å²) in [6.07, 6.45) is -4.37. The van der Waals surface area contributed by atoms with Gasteiger partial charge in [0.05, 0.1) is 10.6 Å². The summed E-state index contributed by atoms with van der Waals surface area (Å²) in [5, 5.41) is 2.95. The van der Waals surface area contributed by atoms with Crippen molar-refractivity contribution in [1.29, 1.82) is 0 Å². The van der Waals surface area contributed by atoms with E-state index in [-0.39, 0.29) is 13.2 Å². The van der Waals surface area contributed by atoms with Gasteiger partial charge in [-0.3, -0.25) is 4.79 Å². The number of alkyl halides is 3. The van der Waals surface area contributed by atoms with Crippen molar-refractivity contribution in [3.05, 3.63) is 64.7 Å². The Morgan fingerprint density at radius 1 is 1.09 bits per heavy atom. The Hall–Kier alpha value is -2.21. The lowest BCUT2D eigenvalue weighted by molar-refractivity contribution is -0.137. The molecule has 1 amide bonds. The molecule has 122 valence electrons. The number of halogens is 4. The van der Waals surface area contributed by atoms with E-state index in [2.05, 4.69) is 5.32 Å². The summed E-state index contributed by atoms with van der Waals surface area (Å²) in [5.41, 5.74) is -0.168. The van der Waals surface area contributed by atoms with Crippen molar-refractivity contribution >= 4 is 17.5 Å². The zero-order chi connectivity index (χ0) is 16.9. The number of hydrogen-bond donors (Lipinski definition) is 1. The van der Waals surface area contributed by atoms with E-state index >= 15 is 0 Å². The summed E-state index contributed by atoms with van der Waals surface area (Å²) < 4.78 is 42.6. The minimum atomic E-state index is -4.37. The van der Waals surface area contributed by atoms with Crippen LogP contribution < -0.4 is 10.1 Å². The quantitative estimate of drug-likeness (QED) is 0.889. The Bertz CT molecular complexity index is 672. The van der Waals surface area contributed by atoms with Crippen LogP contribution in [0.25, 0.3) is 0 Å². The van der Waals surface area contributed by atoms with Crippen LogP contribution in [-0.2, 0) is 17.5 Å². The van der Waals surface area contributed by atoms with Gasteiger partial charge in [0.15, 0.2) is 6.61 Å². The van der Waals surface area contributed by atoms with Crippen LogP contribution in [0, 0.1) is 0 Å². The molecule has 0 atom stereocenters. The molecule has 0 radical (unpaired) electrons. The van der Waals surface area contributed by atoms with E-state index in [1.54, 1.807) is 24.3 Å². The second-order valence-electron chi connectivity index (χ2n) is 4.69. The first-order chi connectivity index (χ1) is 10.9. The van der Waals surface area contributed by atoms with Crippen molar-refractivity contribution in [3.8, 4) is 5.75 Å². The van der Waals surface area contributed by atoms with Crippen LogP contribution in [-0.4, -0.2) is 12.5 Å². The van der Waals surface area contributed by atoms with Gasteiger partial charge in [-0.1, -0.05) is 35.9 Å². The lowest BCUT2D eigenvalue weighted by atomic mass is 10.1. The Balaban J connectivity index is 1.81. The van der Waals surface area contributed by atoms with Gasteiger partial charge < -0.3 is 10.1 Å². The molecular weight excluding hydrogens is 331 g/mol. The predicted molar refractivity (Wildman–Crippen MR) is 80.2 cm³/mol. The maximum atomic E-state index is 12.4. The molecule has 0 aliphatic heterocycles. The highest BCUT2D eigenvalue weighted by atomic mass is 35.5. The fourth-order valence-electron chi connectivity index (χ4n) is 1.77. The van der Waals surface area contributed by atoms with Gasteiger partial charge in [-0.05, 0) is 29.8 Å². The molecule has 0 aliphatic carbocycles. The average Bonchev–Trinajstić information content (AvgIpc) is 2.51. The van der Waals surface area contributed by atoms with Gasteiger partial charge in [0, 0.05) is 6.54 Å². The number of ether oxygens (including phenoxy) is 1. The third-order valence-corrected chi connectivity index (χ3v) is 3.28. The molecule has 0 saturated heterocycles. The smallest absolute Gasteiger partial charge is 0.416 e. The molecule has 2 aromatic carbocycles. The Labute approximate surface area is 136 Å². The highest BCUT2D eigenvalue weighted by Crippen LogP contribution is 2.29. The van der Waals surface area contributed by atoms with Crippen LogP contribution in [0.3, 0.4) is 0 Å². The standard InChI is InChI=1S/C16H13ClF3NO2/c17-13-3-1-2-4-14(13)23-10-15(22)21-9-11-5-7-12(8-6-11)16(18,19)20/h1-8H,9-10H2,(H,21,22). The van der Waals surface area contributed by atoms with Crippen molar-refractivity contribution in [1.82, 2.24) is 5.32 Å². The monoisotopic (exact) mass is 343 g/mol. The van der Waals surface area contributed by atoms with Gasteiger partial charge in [0.1, 0.15) is 5.75 Å². The van der Waals surface area contributed by atoms with Gasteiger partial charge in [-0.25, -0.2) is 0 Å². The van der Waals surface area contributed by atoms with E-state index in [0.29, 0.717) is 16.3 Å². The van der Waals surface area contributed by atoms with E-state index < -0.39 is 17.6 Å². The first-order valence-electron chi connectivity index (χ1n) is 6.66. The Kier molecular flexibility index (Phi) is 5.50. The summed E-state index contributed by atoms with van der Waals surface area (Å²) in [4.78, 5) is 11.7. The molecule has 0 saturated carbocycles. The molecule has 0 fully saturated rings. The fourth-order valence-corrected chi connectivity index (χ4v) is 1.96. The van der Waals surface area contributed by atoms with Gasteiger partial charge >= 0.3 is 6.18 Å². The molecule has 0 bridgehead atoms. The van der Waals surface area contributed by atoms with Crippen LogP contribution in [0.1, 0.15) is 11.1 Å². The SMILES string of the molecule is O=C(COc1ccccc1Cl)NCc1ccc(C(F)(F)F)cc1. The summed E-state index contributed by atoms with van der Waals surface area (Å²) in [5.74, 6) is -0.0105. The number of benzene rings is 2. The Morgan fingerprint density at radius 3 is 2.35 bits per heavy atom. The number of rotatable bonds is 5.